The lowest BCUT2D eigenvalue weighted by Crippen LogP contribution is -1.95. The van der Waals surface area contributed by atoms with Crippen LogP contribution in [0.15, 0.2) is 0 Å². The van der Waals surface area contributed by atoms with Gasteiger partial charge in [0.25, 0.3) is 0 Å². The summed E-state index contributed by atoms with van der Waals surface area (Å²) in [7, 11) is 0. The predicted octanol–water partition coefficient (Wildman–Crippen LogP) is 5.38. The van der Waals surface area contributed by atoms with Gasteiger partial charge in [0.1, 0.15) is 0 Å². The van der Waals surface area contributed by atoms with Crippen molar-refractivity contribution in [3.63, 3.8) is 0 Å². The molecule has 0 aromatic heterocycles. The van der Waals surface area contributed by atoms with E-state index >= 15 is 0 Å². The molecule has 0 spiro atoms. The predicted molar refractivity (Wildman–Crippen MR) is 66.2 cm³/mol. The number of rotatable bonds is 2. The lowest BCUT2D eigenvalue weighted by molar-refractivity contribution is 0.457. The zero-order chi connectivity index (χ0) is 11.4. The Morgan fingerprint density at radius 2 is 0.846 bits per heavy atom. The van der Waals surface area contributed by atoms with Crippen molar-refractivity contribution in [1.29, 1.82) is 0 Å². The van der Waals surface area contributed by atoms with Gasteiger partial charge in [0.05, 0.1) is 0 Å². The van der Waals surface area contributed by atoms with E-state index in [9.17, 15) is 0 Å². The molecule has 0 heterocycles. The minimum absolute atomic E-state index is 0.852. The summed E-state index contributed by atoms with van der Waals surface area (Å²) in [4.78, 5) is 0. The fraction of sp³-hybridized carbons (Fsp3) is 1.00. The van der Waals surface area contributed by atoms with Gasteiger partial charge in [0.15, 0.2) is 0 Å². The summed E-state index contributed by atoms with van der Waals surface area (Å²) in [6.07, 6.45) is 1.31. The summed E-state index contributed by atoms with van der Waals surface area (Å²) in [6.45, 7) is 19.6. The smallest absolute Gasteiger partial charge is 0.0448 e. The molecule has 84 valence electrons. The van der Waals surface area contributed by atoms with Crippen LogP contribution < -0.4 is 0 Å². The zero-order valence-electron chi connectivity index (χ0n) is 11.4. The van der Waals surface area contributed by atoms with Gasteiger partial charge in [0.2, 0.25) is 0 Å². The molecule has 0 aliphatic carbocycles. The van der Waals surface area contributed by atoms with Crippen molar-refractivity contribution in [1.82, 2.24) is 0 Å². The maximum absolute atomic E-state index is 2.24. The van der Waals surface area contributed by atoms with E-state index in [0.717, 1.165) is 17.8 Å². The van der Waals surface area contributed by atoms with Gasteiger partial charge in [-0.25, -0.2) is 0 Å². The van der Waals surface area contributed by atoms with Crippen molar-refractivity contribution >= 4 is 0 Å². The first-order valence-electron chi connectivity index (χ1n) is 5.91. The Kier molecular flexibility index (Phi) is 20.9. The maximum atomic E-state index is 2.24. The molecule has 0 unspecified atom stereocenters. The number of hydrogen-bond acceptors (Lipinski definition) is 0. The second-order valence-corrected chi connectivity index (χ2v) is 4.29. The van der Waals surface area contributed by atoms with E-state index in [0.29, 0.717) is 0 Å². The third-order valence-corrected chi connectivity index (χ3v) is 2.15. The van der Waals surface area contributed by atoms with Gasteiger partial charge < -0.3 is 0 Å². The molecule has 0 amide bonds. The molecule has 0 aromatic rings. The Balaban J connectivity index is -0.000000131. The first-order chi connectivity index (χ1) is 5.91. The van der Waals surface area contributed by atoms with E-state index in [4.69, 9.17) is 0 Å². The molecule has 0 bridgehead atoms. The minimum atomic E-state index is 0.852. The Bertz CT molecular complexity index is 54.4. The second-order valence-electron chi connectivity index (χ2n) is 4.29. The molecule has 0 N–H and O–H groups in total. The normalized spacial score (nSPS) is 9.23. The topological polar surface area (TPSA) is 0 Å². The van der Waals surface area contributed by atoms with Gasteiger partial charge in [-0.05, 0) is 17.8 Å². The summed E-state index contributed by atoms with van der Waals surface area (Å²) in [6, 6.07) is 0. The average Bonchev–Trinajstić information content (AvgIpc) is 2.09. The Morgan fingerprint density at radius 3 is 0.846 bits per heavy atom. The van der Waals surface area contributed by atoms with Crippen LogP contribution in [-0.4, -0.2) is 0 Å². The third-order valence-electron chi connectivity index (χ3n) is 2.15. The number of hydrogen-bond donors (Lipinski definition) is 0. The van der Waals surface area contributed by atoms with E-state index in [1.165, 1.54) is 6.42 Å². The fourth-order valence-corrected chi connectivity index (χ4v) is 0. The third kappa shape index (κ3) is 33.3. The Labute approximate surface area is 87.1 Å². The molecule has 0 aliphatic rings. The standard InChI is InChI=1S/C6H14.C5H12.C2H6/c1-5(2)6(3)4;1-4-5(2)3;1-2/h5-6H,1-4H3;5H,4H2,1-3H3;1-2H3. The van der Waals surface area contributed by atoms with Crippen molar-refractivity contribution in [3.05, 3.63) is 0 Å². The van der Waals surface area contributed by atoms with Gasteiger partial charge >= 0.3 is 0 Å². The van der Waals surface area contributed by atoms with Crippen LogP contribution in [0.2, 0.25) is 0 Å². The van der Waals surface area contributed by atoms with Crippen LogP contribution >= 0.6 is 0 Å². The molecule has 0 fully saturated rings. The Hall–Kier alpha value is 0. The van der Waals surface area contributed by atoms with Crippen LogP contribution in [0.4, 0.5) is 0 Å². The average molecular weight is 188 g/mol. The van der Waals surface area contributed by atoms with Gasteiger partial charge in [0, 0.05) is 0 Å². The summed E-state index contributed by atoms with van der Waals surface area (Å²) in [5.74, 6) is 2.59. The highest BCUT2D eigenvalue weighted by Crippen LogP contribution is 2.05. The molecule has 0 atom stereocenters. The lowest BCUT2D eigenvalue weighted by atomic mass is 10.0. The van der Waals surface area contributed by atoms with Crippen molar-refractivity contribution in [3.8, 4) is 0 Å². The monoisotopic (exact) mass is 188 g/mol. The van der Waals surface area contributed by atoms with Crippen LogP contribution in [0.5, 0.6) is 0 Å². The molecule has 0 saturated heterocycles. The van der Waals surface area contributed by atoms with Crippen LogP contribution in [0.1, 0.15) is 68.7 Å². The van der Waals surface area contributed by atoms with E-state index in [1.54, 1.807) is 0 Å². The quantitative estimate of drug-likeness (QED) is 0.546. The van der Waals surface area contributed by atoms with E-state index in [2.05, 4.69) is 48.5 Å². The molecule has 0 heteroatoms. The first kappa shape index (κ1) is 18.7. The van der Waals surface area contributed by atoms with Crippen LogP contribution in [0.3, 0.4) is 0 Å². The van der Waals surface area contributed by atoms with Crippen LogP contribution in [0.25, 0.3) is 0 Å². The van der Waals surface area contributed by atoms with Gasteiger partial charge in [-0.15, -0.1) is 0 Å². The second kappa shape index (κ2) is 14.5. The molecular formula is C13H32. The first-order valence-corrected chi connectivity index (χ1v) is 5.91. The van der Waals surface area contributed by atoms with E-state index in [-0.39, 0.29) is 0 Å². The minimum Gasteiger partial charge on any atom is -0.0683 e. The highest BCUT2D eigenvalue weighted by Gasteiger charge is 1.95. The molecule has 0 nitrogen and oxygen atoms in total. The lowest BCUT2D eigenvalue weighted by Gasteiger charge is -2.05. The SMILES string of the molecule is CC.CC(C)C(C)C.CCC(C)C. The maximum Gasteiger partial charge on any atom is -0.0448 e. The highest BCUT2D eigenvalue weighted by atomic mass is 14.0. The van der Waals surface area contributed by atoms with Crippen LogP contribution in [0, 0.1) is 17.8 Å². The molecule has 0 aromatic carbocycles. The summed E-state index contributed by atoms with van der Waals surface area (Å²) < 4.78 is 0. The van der Waals surface area contributed by atoms with E-state index in [1.807, 2.05) is 13.8 Å². The van der Waals surface area contributed by atoms with Crippen molar-refractivity contribution in [2.24, 2.45) is 17.8 Å². The molecular weight excluding hydrogens is 156 g/mol. The van der Waals surface area contributed by atoms with E-state index < -0.39 is 0 Å². The molecule has 0 radical (unpaired) electrons. The Morgan fingerprint density at radius 1 is 0.692 bits per heavy atom. The summed E-state index contributed by atoms with van der Waals surface area (Å²) >= 11 is 0. The van der Waals surface area contributed by atoms with Crippen molar-refractivity contribution in [2.75, 3.05) is 0 Å². The summed E-state index contributed by atoms with van der Waals surface area (Å²) in [5, 5.41) is 0. The van der Waals surface area contributed by atoms with Gasteiger partial charge in [-0.3, -0.25) is 0 Å². The molecule has 0 saturated carbocycles. The fourth-order valence-electron chi connectivity index (χ4n) is 0. The van der Waals surface area contributed by atoms with Crippen molar-refractivity contribution < 1.29 is 0 Å². The zero-order valence-corrected chi connectivity index (χ0v) is 11.4. The summed E-state index contributed by atoms with van der Waals surface area (Å²) in [5.41, 5.74) is 0. The largest absolute Gasteiger partial charge is 0.0683 e. The van der Waals surface area contributed by atoms with Gasteiger partial charge in [-0.2, -0.15) is 0 Å². The van der Waals surface area contributed by atoms with Crippen molar-refractivity contribution in [2.45, 2.75) is 68.7 Å². The van der Waals surface area contributed by atoms with Crippen LogP contribution in [-0.2, 0) is 0 Å². The molecule has 13 heavy (non-hydrogen) atoms. The van der Waals surface area contributed by atoms with Gasteiger partial charge in [-0.1, -0.05) is 68.7 Å². The highest BCUT2D eigenvalue weighted by molar-refractivity contribution is 4.46. The molecule has 0 rings (SSSR count). The molecule has 0 aliphatic heterocycles.